The van der Waals surface area contributed by atoms with Crippen LogP contribution in [0.25, 0.3) is 0 Å². The Morgan fingerprint density at radius 2 is 2.00 bits per heavy atom. The fourth-order valence-corrected chi connectivity index (χ4v) is 3.16. The number of fused-ring (bicyclic) bond motifs is 1. The van der Waals surface area contributed by atoms with E-state index in [4.69, 9.17) is 4.74 Å². The van der Waals surface area contributed by atoms with E-state index in [0.717, 1.165) is 6.07 Å². The SMILES string of the molecule is Cc1ccc(S(=O)(=O)Nc2ccc3c(c2)NC(=O)CO3)cc1F. The van der Waals surface area contributed by atoms with E-state index in [-0.39, 0.29) is 23.1 Å². The zero-order valence-electron chi connectivity index (χ0n) is 12.1. The molecule has 0 fully saturated rings. The fraction of sp³-hybridized carbons (Fsp3) is 0.133. The Labute approximate surface area is 132 Å². The van der Waals surface area contributed by atoms with E-state index in [1.807, 2.05) is 0 Å². The molecule has 2 aromatic carbocycles. The lowest BCUT2D eigenvalue weighted by Crippen LogP contribution is -2.25. The van der Waals surface area contributed by atoms with Crippen LogP contribution in [-0.2, 0) is 14.8 Å². The van der Waals surface area contributed by atoms with Gasteiger partial charge in [0.25, 0.3) is 15.9 Å². The lowest BCUT2D eigenvalue weighted by Gasteiger charge is -2.19. The normalized spacial score (nSPS) is 13.7. The van der Waals surface area contributed by atoms with Crippen LogP contribution in [0.3, 0.4) is 0 Å². The number of nitrogens with one attached hydrogen (secondary N) is 2. The molecule has 1 aliphatic rings. The summed E-state index contributed by atoms with van der Waals surface area (Å²) in [5.74, 6) is -0.467. The zero-order chi connectivity index (χ0) is 16.6. The number of halogens is 1. The van der Waals surface area contributed by atoms with Gasteiger partial charge in [-0.25, -0.2) is 12.8 Å². The van der Waals surface area contributed by atoms with Gasteiger partial charge in [0, 0.05) is 0 Å². The number of rotatable bonds is 3. The fourth-order valence-electron chi connectivity index (χ4n) is 2.10. The minimum absolute atomic E-state index is 0.0826. The van der Waals surface area contributed by atoms with Crippen molar-refractivity contribution < 1.29 is 22.3 Å². The molecule has 3 rings (SSSR count). The van der Waals surface area contributed by atoms with Crippen molar-refractivity contribution in [1.82, 2.24) is 0 Å². The first-order valence-corrected chi connectivity index (χ1v) is 8.19. The number of amides is 1. The van der Waals surface area contributed by atoms with E-state index in [9.17, 15) is 17.6 Å². The first-order chi connectivity index (χ1) is 10.8. The lowest BCUT2D eigenvalue weighted by atomic mass is 10.2. The number of anilines is 2. The Bertz CT molecular complexity index is 896. The number of aryl methyl sites for hydroxylation is 1. The molecule has 0 aliphatic carbocycles. The average Bonchev–Trinajstić information content (AvgIpc) is 2.49. The number of carbonyl (C=O) groups excluding carboxylic acids is 1. The van der Waals surface area contributed by atoms with Gasteiger partial charge in [-0.3, -0.25) is 9.52 Å². The average molecular weight is 336 g/mol. The monoisotopic (exact) mass is 336 g/mol. The highest BCUT2D eigenvalue weighted by molar-refractivity contribution is 7.92. The van der Waals surface area contributed by atoms with Crippen LogP contribution in [0.5, 0.6) is 5.75 Å². The molecular weight excluding hydrogens is 323 g/mol. The number of hydrogen-bond acceptors (Lipinski definition) is 4. The molecule has 0 aromatic heterocycles. The third kappa shape index (κ3) is 3.11. The van der Waals surface area contributed by atoms with Crippen molar-refractivity contribution in [1.29, 1.82) is 0 Å². The van der Waals surface area contributed by atoms with Crippen molar-refractivity contribution in [2.45, 2.75) is 11.8 Å². The molecule has 0 saturated heterocycles. The van der Waals surface area contributed by atoms with Crippen LogP contribution in [0.15, 0.2) is 41.3 Å². The predicted molar refractivity (Wildman–Crippen MR) is 82.5 cm³/mol. The summed E-state index contributed by atoms with van der Waals surface area (Å²) in [4.78, 5) is 11.1. The van der Waals surface area contributed by atoms with E-state index in [1.54, 1.807) is 13.0 Å². The highest BCUT2D eigenvalue weighted by Crippen LogP contribution is 2.31. The highest BCUT2D eigenvalue weighted by atomic mass is 32.2. The Balaban J connectivity index is 1.90. The van der Waals surface area contributed by atoms with Crippen molar-refractivity contribution in [3.8, 4) is 5.75 Å². The second-order valence-electron chi connectivity index (χ2n) is 5.06. The van der Waals surface area contributed by atoms with Gasteiger partial charge in [-0.15, -0.1) is 0 Å². The molecule has 0 unspecified atom stereocenters. The Kier molecular flexibility index (Phi) is 3.69. The summed E-state index contributed by atoms with van der Waals surface area (Å²) in [5, 5.41) is 2.58. The summed E-state index contributed by atoms with van der Waals surface area (Å²) in [5.41, 5.74) is 0.963. The molecule has 0 spiro atoms. The van der Waals surface area contributed by atoms with Crippen LogP contribution in [0.1, 0.15) is 5.56 Å². The maximum absolute atomic E-state index is 13.6. The molecule has 23 heavy (non-hydrogen) atoms. The number of ether oxygens (including phenoxy) is 1. The van der Waals surface area contributed by atoms with E-state index < -0.39 is 15.8 Å². The van der Waals surface area contributed by atoms with Crippen molar-refractivity contribution in [3.05, 3.63) is 47.8 Å². The second-order valence-corrected chi connectivity index (χ2v) is 6.75. The minimum atomic E-state index is -3.94. The van der Waals surface area contributed by atoms with Crippen LogP contribution >= 0.6 is 0 Å². The van der Waals surface area contributed by atoms with Gasteiger partial charge in [0.05, 0.1) is 16.3 Å². The largest absolute Gasteiger partial charge is 0.482 e. The van der Waals surface area contributed by atoms with Gasteiger partial charge in [-0.05, 0) is 42.8 Å². The molecule has 2 aromatic rings. The molecule has 120 valence electrons. The molecular formula is C15H13FN2O4S. The van der Waals surface area contributed by atoms with Crippen LogP contribution in [-0.4, -0.2) is 20.9 Å². The maximum atomic E-state index is 13.6. The molecule has 0 radical (unpaired) electrons. The van der Waals surface area contributed by atoms with E-state index in [1.165, 1.54) is 24.3 Å². The zero-order valence-corrected chi connectivity index (χ0v) is 12.9. The van der Waals surface area contributed by atoms with Crippen molar-refractivity contribution in [3.63, 3.8) is 0 Å². The van der Waals surface area contributed by atoms with Gasteiger partial charge < -0.3 is 10.1 Å². The van der Waals surface area contributed by atoms with Gasteiger partial charge in [0.1, 0.15) is 11.6 Å². The third-order valence-corrected chi connectivity index (χ3v) is 4.70. The lowest BCUT2D eigenvalue weighted by molar-refractivity contribution is -0.118. The molecule has 1 heterocycles. The molecule has 1 amide bonds. The summed E-state index contributed by atoms with van der Waals surface area (Å²) in [6.07, 6.45) is 0. The third-order valence-electron chi connectivity index (χ3n) is 3.32. The molecule has 8 heteroatoms. The van der Waals surface area contributed by atoms with Crippen molar-refractivity contribution in [2.24, 2.45) is 0 Å². The quantitative estimate of drug-likeness (QED) is 0.900. The van der Waals surface area contributed by atoms with Crippen molar-refractivity contribution in [2.75, 3.05) is 16.6 Å². The van der Waals surface area contributed by atoms with Gasteiger partial charge >= 0.3 is 0 Å². The Hall–Kier alpha value is -2.61. The van der Waals surface area contributed by atoms with E-state index >= 15 is 0 Å². The van der Waals surface area contributed by atoms with Gasteiger partial charge in [0.15, 0.2) is 6.61 Å². The number of sulfonamides is 1. The summed E-state index contributed by atoms with van der Waals surface area (Å²) in [7, 11) is -3.94. The maximum Gasteiger partial charge on any atom is 0.262 e. The van der Waals surface area contributed by atoms with Crippen LogP contribution < -0.4 is 14.8 Å². The van der Waals surface area contributed by atoms with Gasteiger partial charge in [-0.2, -0.15) is 0 Å². The van der Waals surface area contributed by atoms with Crippen molar-refractivity contribution >= 4 is 27.3 Å². The van der Waals surface area contributed by atoms with Crippen LogP contribution in [0, 0.1) is 12.7 Å². The molecule has 6 nitrogen and oxygen atoms in total. The number of carbonyl (C=O) groups is 1. The predicted octanol–water partition coefficient (Wildman–Crippen LogP) is 2.27. The first kappa shape index (κ1) is 15.3. The first-order valence-electron chi connectivity index (χ1n) is 6.71. The standard InChI is InChI=1S/C15H13FN2O4S/c1-9-2-4-11(7-12(9)16)23(20,21)18-10-3-5-14-13(6-10)17-15(19)8-22-14/h2-7,18H,8H2,1H3,(H,17,19). The Morgan fingerprint density at radius 1 is 1.22 bits per heavy atom. The van der Waals surface area contributed by atoms with Gasteiger partial charge in [0.2, 0.25) is 0 Å². The summed E-state index contributed by atoms with van der Waals surface area (Å²) >= 11 is 0. The molecule has 2 N–H and O–H groups in total. The number of hydrogen-bond donors (Lipinski definition) is 2. The van der Waals surface area contributed by atoms with Crippen LogP contribution in [0.4, 0.5) is 15.8 Å². The molecule has 0 atom stereocenters. The Morgan fingerprint density at radius 3 is 2.74 bits per heavy atom. The number of benzene rings is 2. The molecule has 0 saturated carbocycles. The minimum Gasteiger partial charge on any atom is -0.482 e. The molecule has 1 aliphatic heterocycles. The van der Waals surface area contributed by atoms with Gasteiger partial charge in [-0.1, -0.05) is 6.07 Å². The summed E-state index contributed by atoms with van der Waals surface area (Å²) < 4.78 is 45.7. The summed E-state index contributed by atoms with van der Waals surface area (Å²) in [6.45, 7) is 1.46. The second kappa shape index (κ2) is 5.54. The van der Waals surface area contributed by atoms with Crippen LogP contribution in [0.2, 0.25) is 0 Å². The van der Waals surface area contributed by atoms with E-state index in [0.29, 0.717) is 17.0 Å². The smallest absolute Gasteiger partial charge is 0.262 e. The molecule has 0 bridgehead atoms. The topological polar surface area (TPSA) is 84.5 Å². The summed E-state index contributed by atoms with van der Waals surface area (Å²) in [6, 6.07) is 8.16. The van der Waals surface area contributed by atoms with E-state index in [2.05, 4.69) is 10.0 Å². The highest BCUT2D eigenvalue weighted by Gasteiger charge is 2.19.